The quantitative estimate of drug-likeness (QED) is 0.216. The van der Waals surface area contributed by atoms with Gasteiger partial charge in [0.15, 0.2) is 5.82 Å². The molecule has 1 aliphatic carbocycles. The molecule has 5 rings (SSSR count). The maximum Gasteiger partial charge on any atom is 0.268 e. The molecule has 0 N–H and O–H groups in total. The topological polar surface area (TPSA) is 65.5 Å². The third kappa shape index (κ3) is 6.29. The number of methoxy groups -OCH3 is 1. The summed E-state index contributed by atoms with van der Waals surface area (Å²) in [5, 5.41) is 1.34. The molecule has 0 saturated carbocycles. The molecule has 0 aromatic heterocycles. The molecule has 7 nitrogen and oxygen atoms in total. The molecule has 3 aromatic carbocycles. The molecule has 11 heteroatoms. The Labute approximate surface area is 263 Å². The van der Waals surface area contributed by atoms with Gasteiger partial charge in [-0.05, 0) is 73.2 Å². The first kappa shape index (κ1) is 31.4. The van der Waals surface area contributed by atoms with Gasteiger partial charge in [0.05, 0.1) is 19.3 Å². The Morgan fingerprint density at radius 2 is 1.93 bits per heavy atom. The van der Waals surface area contributed by atoms with Gasteiger partial charge in [-0.15, -0.1) is 11.8 Å². The first-order valence-corrected chi connectivity index (χ1v) is 17.2. The number of halogens is 2. The summed E-state index contributed by atoms with van der Waals surface area (Å²) >= 11 is 7.87. The first-order valence-electron chi connectivity index (χ1n) is 14.1. The van der Waals surface area contributed by atoms with Gasteiger partial charge in [-0.3, -0.25) is 4.90 Å². The highest BCUT2D eigenvalue weighted by atomic mass is 35.5. The monoisotopic (exact) mass is 642 g/mol. The van der Waals surface area contributed by atoms with Crippen LogP contribution in [0, 0.1) is 5.82 Å². The average molecular weight is 643 g/mol. The van der Waals surface area contributed by atoms with E-state index < -0.39 is 20.7 Å². The van der Waals surface area contributed by atoms with E-state index in [0.717, 1.165) is 36.7 Å². The van der Waals surface area contributed by atoms with Gasteiger partial charge in [-0.1, -0.05) is 48.0 Å². The van der Waals surface area contributed by atoms with Crippen LogP contribution in [0.15, 0.2) is 81.8 Å². The zero-order valence-corrected chi connectivity index (χ0v) is 26.9. The van der Waals surface area contributed by atoms with Crippen molar-refractivity contribution in [1.82, 2.24) is 9.21 Å². The van der Waals surface area contributed by atoms with Crippen molar-refractivity contribution in [1.29, 1.82) is 0 Å². The number of likely N-dealkylation sites (N-methyl/N-ethyl adjacent to an activating group) is 1. The number of aryl methyl sites for hydroxylation is 1. The van der Waals surface area contributed by atoms with Crippen LogP contribution in [0.5, 0.6) is 5.75 Å². The van der Waals surface area contributed by atoms with E-state index in [0.29, 0.717) is 23.0 Å². The van der Waals surface area contributed by atoms with Crippen molar-refractivity contribution >= 4 is 45.8 Å². The summed E-state index contributed by atoms with van der Waals surface area (Å²) in [4.78, 5) is 7.90. The van der Waals surface area contributed by atoms with Gasteiger partial charge < -0.3 is 9.64 Å². The molecule has 2 aliphatic rings. The van der Waals surface area contributed by atoms with Crippen molar-refractivity contribution in [3.8, 4) is 5.75 Å². The molecular formula is C32H36ClFN4O3S2. The predicted molar refractivity (Wildman–Crippen MR) is 174 cm³/mol. The van der Waals surface area contributed by atoms with Gasteiger partial charge in [0.1, 0.15) is 21.5 Å². The fraction of sp³-hybridized carbons (Fsp3) is 0.344. The second kappa shape index (κ2) is 13.3. The number of fused-ring (bicyclic) bond motifs is 1. The Kier molecular flexibility index (Phi) is 9.70. The Morgan fingerprint density at radius 1 is 1.19 bits per heavy atom. The molecule has 0 radical (unpaired) electrons. The minimum atomic E-state index is -4.41. The van der Waals surface area contributed by atoms with Gasteiger partial charge in [0, 0.05) is 37.6 Å². The van der Waals surface area contributed by atoms with Gasteiger partial charge in [0.2, 0.25) is 0 Å². The molecule has 0 unspecified atom stereocenters. The zero-order chi connectivity index (χ0) is 30.7. The van der Waals surface area contributed by atoms with Crippen molar-refractivity contribution in [2.45, 2.75) is 42.8 Å². The number of hydrogen-bond donors (Lipinski definition) is 0. The lowest BCUT2D eigenvalue weighted by Crippen LogP contribution is -2.36. The van der Waals surface area contributed by atoms with Crippen LogP contribution in [0.4, 0.5) is 10.1 Å². The van der Waals surface area contributed by atoms with Crippen LogP contribution in [0.1, 0.15) is 35.6 Å². The van der Waals surface area contributed by atoms with Crippen molar-refractivity contribution in [2.24, 2.45) is 4.99 Å². The molecule has 228 valence electrons. The fourth-order valence-corrected chi connectivity index (χ4v) is 8.37. The number of benzene rings is 3. The SMILES string of the molecule is C=N/C(=C\SC)N(Cc1ccc(OC)cc1)S(=O)(=O)c1ccc(N(C)[C@H]2CCN([C@H]3CCc4ccccc43)C2)c(Cl)c1F. The van der Waals surface area contributed by atoms with E-state index in [-0.39, 0.29) is 23.4 Å². The summed E-state index contributed by atoms with van der Waals surface area (Å²) in [6.07, 6.45) is 4.85. The smallest absolute Gasteiger partial charge is 0.268 e. The van der Waals surface area contributed by atoms with Crippen LogP contribution in [0.3, 0.4) is 0 Å². The lowest BCUT2D eigenvalue weighted by Gasteiger charge is -2.30. The standard InChI is InChI=1S/C32H36ClFN4O3S2/c1-35-30(21-42-4)38(19-22-9-12-25(41-3)13-10-22)43(39,40)29-16-15-28(31(33)32(29)34)36(2)24-17-18-37(20-24)27-14-11-23-7-5-6-8-26(23)27/h5-10,12-13,15-16,21,24,27H,1,11,14,17-20H2,2-4H3/b30-21+/t24-,27-/m0/s1. The van der Waals surface area contributed by atoms with Gasteiger partial charge in [0.25, 0.3) is 10.0 Å². The lowest BCUT2D eigenvalue weighted by molar-refractivity contribution is 0.242. The molecule has 1 fully saturated rings. The van der Waals surface area contributed by atoms with Crippen LogP contribution in [0.2, 0.25) is 5.02 Å². The third-order valence-electron chi connectivity index (χ3n) is 8.39. The summed E-state index contributed by atoms with van der Waals surface area (Å²) in [5.41, 5.74) is 3.93. The highest BCUT2D eigenvalue weighted by Gasteiger charge is 2.36. The summed E-state index contributed by atoms with van der Waals surface area (Å²) in [6, 6.07) is 19.0. The number of aliphatic imine (C=N–C) groups is 1. The number of thioether (sulfide) groups is 1. The second-order valence-corrected chi connectivity index (χ2v) is 13.7. The Bertz CT molecular complexity index is 1620. The Balaban J connectivity index is 1.40. The molecule has 0 amide bonds. The summed E-state index contributed by atoms with van der Waals surface area (Å²) in [7, 11) is -0.966. The summed E-state index contributed by atoms with van der Waals surface area (Å²) < 4.78 is 50.2. The number of nitrogens with zero attached hydrogens (tertiary/aromatic N) is 4. The molecule has 0 bridgehead atoms. The minimum absolute atomic E-state index is 0.0829. The molecule has 0 spiro atoms. The molecule has 1 aliphatic heterocycles. The summed E-state index contributed by atoms with van der Waals surface area (Å²) in [6.45, 7) is 5.22. The maximum atomic E-state index is 16.0. The number of hydrogen-bond acceptors (Lipinski definition) is 7. The predicted octanol–water partition coefficient (Wildman–Crippen LogP) is 6.74. The van der Waals surface area contributed by atoms with Crippen molar-refractivity contribution in [2.75, 3.05) is 38.4 Å². The molecule has 1 saturated heterocycles. The normalized spacial score (nSPS) is 18.9. The van der Waals surface area contributed by atoms with E-state index in [1.807, 2.05) is 11.9 Å². The number of rotatable bonds is 11. The highest BCUT2D eigenvalue weighted by Crippen LogP contribution is 2.40. The van der Waals surface area contributed by atoms with E-state index in [9.17, 15) is 8.42 Å². The fourth-order valence-electron chi connectivity index (χ4n) is 6.06. The highest BCUT2D eigenvalue weighted by molar-refractivity contribution is 8.01. The van der Waals surface area contributed by atoms with Gasteiger partial charge in [-0.25, -0.2) is 22.1 Å². The second-order valence-electron chi connectivity index (χ2n) is 10.7. The van der Waals surface area contributed by atoms with Gasteiger partial charge >= 0.3 is 0 Å². The largest absolute Gasteiger partial charge is 0.497 e. The van der Waals surface area contributed by atoms with Crippen molar-refractivity contribution < 1.29 is 17.5 Å². The molecule has 2 atom stereocenters. The van der Waals surface area contributed by atoms with Gasteiger partial charge in [-0.2, -0.15) is 0 Å². The van der Waals surface area contributed by atoms with E-state index in [1.54, 1.807) is 49.1 Å². The number of likely N-dealkylation sites (tertiary alicyclic amines) is 1. The molecule has 3 aromatic rings. The van der Waals surface area contributed by atoms with Crippen molar-refractivity contribution in [3.63, 3.8) is 0 Å². The Morgan fingerprint density at radius 3 is 2.63 bits per heavy atom. The van der Waals surface area contributed by atoms with Crippen LogP contribution >= 0.6 is 23.4 Å². The molecular weight excluding hydrogens is 607 g/mol. The minimum Gasteiger partial charge on any atom is -0.497 e. The van der Waals surface area contributed by atoms with Crippen molar-refractivity contribution in [3.05, 3.63) is 99.4 Å². The molecule has 43 heavy (non-hydrogen) atoms. The third-order valence-corrected chi connectivity index (χ3v) is 11.0. The molecule has 1 heterocycles. The van der Waals surface area contributed by atoms with E-state index in [4.69, 9.17) is 16.3 Å². The van der Waals surface area contributed by atoms with E-state index in [2.05, 4.69) is 40.9 Å². The van der Waals surface area contributed by atoms with Crippen LogP contribution in [-0.2, 0) is 23.0 Å². The number of anilines is 1. The maximum absolute atomic E-state index is 16.0. The Hall–Kier alpha value is -3.05. The number of sulfonamides is 1. The summed E-state index contributed by atoms with van der Waals surface area (Å²) in [5.74, 6) is -0.270. The van der Waals surface area contributed by atoms with E-state index >= 15 is 4.39 Å². The van der Waals surface area contributed by atoms with Crippen LogP contribution in [0.25, 0.3) is 0 Å². The number of ether oxygens (including phenoxy) is 1. The van der Waals surface area contributed by atoms with Crippen LogP contribution in [-0.4, -0.2) is 63.9 Å². The lowest BCUT2D eigenvalue weighted by atomic mass is 10.1. The van der Waals surface area contributed by atoms with E-state index in [1.165, 1.54) is 29.0 Å². The first-order chi connectivity index (χ1) is 20.7. The average Bonchev–Trinajstić information content (AvgIpc) is 3.67. The zero-order valence-electron chi connectivity index (χ0n) is 24.5. The van der Waals surface area contributed by atoms with Crippen LogP contribution < -0.4 is 9.64 Å².